The zero-order valence-electron chi connectivity index (χ0n) is 12.1. The maximum Gasteiger partial charge on any atom is 0.243 e. The lowest BCUT2D eigenvalue weighted by Gasteiger charge is -2.17. The number of sulfonamides is 1. The normalized spacial score (nSPS) is 13.5. The lowest BCUT2D eigenvalue weighted by Crippen LogP contribution is -2.26. The molecule has 0 aliphatic rings. The molecule has 6 heteroatoms. The molecule has 1 heterocycles. The molecule has 2 rings (SSSR count). The second kappa shape index (κ2) is 6.70. The number of aliphatic hydroxyl groups is 1. The van der Waals surface area contributed by atoms with Crippen LogP contribution < -0.4 is 0 Å². The number of hydrogen-bond donors (Lipinski definition) is 1. The van der Waals surface area contributed by atoms with Crippen LogP contribution in [0.15, 0.2) is 46.7 Å². The first kappa shape index (κ1) is 16.2. The van der Waals surface area contributed by atoms with Gasteiger partial charge in [-0.1, -0.05) is 25.1 Å². The topological polar surface area (TPSA) is 57.6 Å². The van der Waals surface area contributed by atoms with E-state index in [-0.39, 0.29) is 4.90 Å². The molecule has 2 aromatic rings. The molecule has 1 N–H and O–H groups in total. The number of thiophene rings is 1. The summed E-state index contributed by atoms with van der Waals surface area (Å²) >= 11 is 1.53. The van der Waals surface area contributed by atoms with E-state index in [0.717, 1.165) is 4.88 Å². The molecule has 0 aliphatic carbocycles. The van der Waals surface area contributed by atoms with E-state index in [0.29, 0.717) is 18.5 Å². The number of nitrogens with zero attached hydrogens (tertiary/aromatic N) is 1. The predicted molar refractivity (Wildman–Crippen MR) is 84.7 cm³/mol. The lowest BCUT2D eigenvalue weighted by atomic mass is 10.1. The van der Waals surface area contributed by atoms with Crippen LogP contribution in [-0.4, -0.2) is 24.9 Å². The Morgan fingerprint density at radius 2 is 2.05 bits per heavy atom. The smallest absolute Gasteiger partial charge is 0.243 e. The van der Waals surface area contributed by atoms with Gasteiger partial charge in [-0.25, -0.2) is 8.42 Å². The summed E-state index contributed by atoms with van der Waals surface area (Å²) in [4.78, 5) is 1.21. The minimum Gasteiger partial charge on any atom is -0.388 e. The fourth-order valence-corrected chi connectivity index (χ4v) is 4.05. The third-order valence-electron chi connectivity index (χ3n) is 3.30. The highest BCUT2D eigenvalue weighted by Gasteiger charge is 2.22. The molecule has 0 saturated heterocycles. The highest BCUT2D eigenvalue weighted by molar-refractivity contribution is 7.89. The summed E-state index contributed by atoms with van der Waals surface area (Å²) in [5.74, 6) is 0. The van der Waals surface area contributed by atoms with Crippen LogP contribution in [0, 0.1) is 0 Å². The highest BCUT2D eigenvalue weighted by atomic mass is 32.2. The van der Waals surface area contributed by atoms with Gasteiger partial charge in [0.1, 0.15) is 0 Å². The summed E-state index contributed by atoms with van der Waals surface area (Å²) in [5.41, 5.74) is 0.628. The van der Waals surface area contributed by atoms with Crippen molar-refractivity contribution >= 4 is 21.4 Å². The summed E-state index contributed by atoms with van der Waals surface area (Å²) in [6.45, 7) is 2.20. The van der Waals surface area contributed by atoms with Crippen LogP contribution in [0.2, 0.25) is 0 Å². The van der Waals surface area contributed by atoms with Gasteiger partial charge < -0.3 is 5.11 Å². The maximum atomic E-state index is 12.6. The molecule has 1 aromatic heterocycles. The van der Waals surface area contributed by atoms with Gasteiger partial charge in [0.05, 0.1) is 11.0 Å². The Morgan fingerprint density at radius 1 is 1.29 bits per heavy atom. The fourth-order valence-electron chi connectivity index (χ4n) is 2.00. The fraction of sp³-hybridized carbons (Fsp3) is 0.333. The molecule has 114 valence electrons. The zero-order chi connectivity index (χ0) is 15.5. The Kier molecular flexibility index (Phi) is 5.16. The Morgan fingerprint density at radius 3 is 2.67 bits per heavy atom. The summed E-state index contributed by atoms with van der Waals surface area (Å²) < 4.78 is 26.5. The molecule has 1 aromatic carbocycles. The maximum absolute atomic E-state index is 12.6. The first-order chi connectivity index (χ1) is 9.95. The van der Waals surface area contributed by atoms with Crippen molar-refractivity contribution in [3.63, 3.8) is 0 Å². The van der Waals surface area contributed by atoms with E-state index in [4.69, 9.17) is 0 Å². The van der Waals surface area contributed by atoms with Crippen molar-refractivity contribution < 1.29 is 13.5 Å². The SMILES string of the molecule is CCC(O)c1cccc(S(=O)(=O)N(C)Cc2cccs2)c1. The molecule has 1 atom stereocenters. The van der Waals surface area contributed by atoms with Crippen molar-refractivity contribution in [1.29, 1.82) is 0 Å². The van der Waals surface area contributed by atoms with Crippen molar-refractivity contribution in [2.45, 2.75) is 30.9 Å². The molecule has 0 radical (unpaired) electrons. The molecule has 0 spiro atoms. The van der Waals surface area contributed by atoms with Gasteiger partial charge in [-0.3, -0.25) is 0 Å². The van der Waals surface area contributed by atoms with Crippen LogP contribution in [0.1, 0.15) is 29.9 Å². The van der Waals surface area contributed by atoms with Crippen molar-refractivity contribution in [1.82, 2.24) is 4.31 Å². The molecular formula is C15H19NO3S2. The van der Waals surface area contributed by atoms with E-state index < -0.39 is 16.1 Å². The summed E-state index contributed by atoms with van der Waals surface area (Å²) in [6.07, 6.45) is -0.0862. The second-order valence-corrected chi connectivity index (χ2v) is 7.91. The third-order valence-corrected chi connectivity index (χ3v) is 5.96. The average molecular weight is 325 g/mol. The quantitative estimate of drug-likeness (QED) is 0.888. The Labute approximate surface area is 129 Å². The first-order valence-corrected chi connectivity index (χ1v) is 9.04. The minimum atomic E-state index is -3.55. The van der Waals surface area contributed by atoms with Gasteiger partial charge in [-0.05, 0) is 35.6 Å². The Bertz CT molecular complexity index is 681. The van der Waals surface area contributed by atoms with E-state index in [1.165, 1.54) is 15.6 Å². The summed E-state index contributed by atoms with van der Waals surface area (Å²) in [6, 6.07) is 10.3. The Balaban J connectivity index is 2.26. The monoisotopic (exact) mass is 325 g/mol. The molecule has 1 unspecified atom stereocenters. The molecular weight excluding hydrogens is 306 g/mol. The average Bonchev–Trinajstić information content (AvgIpc) is 2.99. The summed E-state index contributed by atoms with van der Waals surface area (Å²) in [5, 5.41) is 11.8. The Hall–Kier alpha value is -1.21. The number of rotatable bonds is 6. The standard InChI is InChI=1S/C15H19NO3S2/c1-3-15(17)12-6-4-8-14(10-12)21(18,19)16(2)11-13-7-5-9-20-13/h4-10,15,17H,3,11H2,1-2H3. The van der Waals surface area contributed by atoms with Gasteiger partial charge in [0.15, 0.2) is 0 Å². The molecule has 4 nitrogen and oxygen atoms in total. The highest BCUT2D eigenvalue weighted by Crippen LogP contribution is 2.23. The van der Waals surface area contributed by atoms with Gasteiger partial charge in [-0.15, -0.1) is 11.3 Å². The van der Waals surface area contributed by atoms with Gasteiger partial charge in [0.25, 0.3) is 0 Å². The van der Waals surface area contributed by atoms with Crippen molar-refractivity contribution in [3.8, 4) is 0 Å². The lowest BCUT2D eigenvalue weighted by molar-refractivity contribution is 0.173. The number of benzene rings is 1. The zero-order valence-corrected chi connectivity index (χ0v) is 13.7. The van der Waals surface area contributed by atoms with Crippen LogP contribution >= 0.6 is 11.3 Å². The van der Waals surface area contributed by atoms with Crippen LogP contribution in [0.4, 0.5) is 0 Å². The van der Waals surface area contributed by atoms with Gasteiger partial charge >= 0.3 is 0 Å². The van der Waals surface area contributed by atoms with E-state index in [1.807, 2.05) is 24.4 Å². The van der Waals surface area contributed by atoms with Crippen LogP contribution in [-0.2, 0) is 16.6 Å². The van der Waals surface area contributed by atoms with Crippen molar-refractivity contribution in [2.75, 3.05) is 7.05 Å². The van der Waals surface area contributed by atoms with E-state index in [9.17, 15) is 13.5 Å². The van der Waals surface area contributed by atoms with Gasteiger partial charge in [0, 0.05) is 18.5 Å². The number of hydrogen-bond acceptors (Lipinski definition) is 4. The van der Waals surface area contributed by atoms with E-state index in [1.54, 1.807) is 31.3 Å². The molecule has 0 amide bonds. The predicted octanol–water partition coefficient (Wildman–Crippen LogP) is 3.01. The first-order valence-electron chi connectivity index (χ1n) is 6.72. The largest absolute Gasteiger partial charge is 0.388 e. The van der Waals surface area contributed by atoms with E-state index in [2.05, 4.69) is 0 Å². The molecule has 0 aliphatic heterocycles. The second-order valence-electron chi connectivity index (χ2n) is 4.84. The molecule has 0 bridgehead atoms. The number of aliphatic hydroxyl groups excluding tert-OH is 1. The molecule has 0 fully saturated rings. The van der Waals surface area contributed by atoms with Crippen LogP contribution in [0.3, 0.4) is 0 Å². The summed E-state index contributed by atoms with van der Waals surface area (Å²) in [7, 11) is -1.98. The van der Waals surface area contributed by atoms with Crippen LogP contribution in [0.5, 0.6) is 0 Å². The minimum absolute atomic E-state index is 0.214. The van der Waals surface area contributed by atoms with Crippen LogP contribution in [0.25, 0.3) is 0 Å². The van der Waals surface area contributed by atoms with Crippen molar-refractivity contribution in [2.24, 2.45) is 0 Å². The van der Waals surface area contributed by atoms with Crippen molar-refractivity contribution in [3.05, 3.63) is 52.2 Å². The molecule has 0 saturated carbocycles. The third kappa shape index (κ3) is 3.71. The van der Waals surface area contributed by atoms with E-state index >= 15 is 0 Å². The van der Waals surface area contributed by atoms with Gasteiger partial charge in [-0.2, -0.15) is 4.31 Å². The molecule has 21 heavy (non-hydrogen) atoms. The van der Waals surface area contributed by atoms with Gasteiger partial charge in [0.2, 0.25) is 10.0 Å².